The lowest BCUT2D eigenvalue weighted by Gasteiger charge is -2.31. The minimum Gasteiger partial charge on any atom is -0.339 e. The molecule has 0 atom stereocenters. The number of likely N-dealkylation sites (tertiary alicyclic amines) is 1. The lowest BCUT2D eigenvalue weighted by molar-refractivity contribution is 0.0725. The summed E-state index contributed by atoms with van der Waals surface area (Å²) in [7, 11) is -2.99. The second-order valence-electron chi connectivity index (χ2n) is 5.74. The molecular formula is C16H23NO3S. The molecule has 4 nitrogen and oxygen atoms in total. The second kappa shape index (κ2) is 6.18. The molecule has 1 aromatic carbocycles. The van der Waals surface area contributed by atoms with E-state index < -0.39 is 9.84 Å². The molecule has 1 aliphatic heterocycles. The number of sulfone groups is 1. The van der Waals surface area contributed by atoms with E-state index in [1.165, 1.54) is 5.56 Å². The Labute approximate surface area is 127 Å². The summed E-state index contributed by atoms with van der Waals surface area (Å²) in [6.45, 7) is 6.74. The lowest BCUT2D eigenvalue weighted by Crippen LogP contribution is -2.42. The van der Waals surface area contributed by atoms with Crippen molar-refractivity contribution in [3.8, 4) is 0 Å². The van der Waals surface area contributed by atoms with E-state index in [4.69, 9.17) is 0 Å². The van der Waals surface area contributed by atoms with Gasteiger partial charge in [-0.15, -0.1) is 0 Å². The zero-order chi connectivity index (χ0) is 15.6. The molecule has 1 amide bonds. The molecule has 1 saturated heterocycles. The maximum atomic E-state index is 12.5. The number of piperidine rings is 1. The van der Waals surface area contributed by atoms with Gasteiger partial charge in [-0.2, -0.15) is 0 Å². The van der Waals surface area contributed by atoms with Crippen LogP contribution in [0, 0.1) is 13.8 Å². The number of carbonyl (C=O) groups excluding carboxylic acids is 1. The highest BCUT2D eigenvalue weighted by atomic mass is 32.2. The summed E-state index contributed by atoms with van der Waals surface area (Å²) in [5.41, 5.74) is 2.96. The number of aryl methyl sites for hydroxylation is 2. The van der Waals surface area contributed by atoms with Gasteiger partial charge in [0.2, 0.25) is 0 Å². The highest BCUT2D eigenvalue weighted by Gasteiger charge is 2.30. The van der Waals surface area contributed by atoms with E-state index in [1.54, 1.807) is 11.8 Å². The molecule has 5 heteroatoms. The van der Waals surface area contributed by atoms with Crippen molar-refractivity contribution in [3.63, 3.8) is 0 Å². The maximum Gasteiger partial charge on any atom is 0.253 e. The minimum atomic E-state index is -2.99. The van der Waals surface area contributed by atoms with Crippen molar-refractivity contribution < 1.29 is 13.2 Å². The minimum absolute atomic E-state index is 0.00504. The zero-order valence-corrected chi connectivity index (χ0v) is 13.7. The molecule has 0 aromatic heterocycles. The first-order chi connectivity index (χ1) is 9.85. The normalized spacial score (nSPS) is 17.0. The Morgan fingerprint density at radius 3 is 2.33 bits per heavy atom. The Balaban J connectivity index is 2.05. The first-order valence-electron chi connectivity index (χ1n) is 7.43. The fourth-order valence-electron chi connectivity index (χ4n) is 2.71. The Hall–Kier alpha value is -1.36. The summed E-state index contributed by atoms with van der Waals surface area (Å²) < 4.78 is 23.8. The molecule has 0 saturated carbocycles. The molecule has 0 bridgehead atoms. The van der Waals surface area contributed by atoms with Gasteiger partial charge in [-0.1, -0.05) is 13.0 Å². The van der Waals surface area contributed by atoms with E-state index in [0.717, 1.165) is 5.56 Å². The summed E-state index contributed by atoms with van der Waals surface area (Å²) in [5.74, 6) is 0.188. The van der Waals surface area contributed by atoms with Gasteiger partial charge in [0.1, 0.15) is 0 Å². The van der Waals surface area contributed by atoms with E-state index in [0.29, 0.717) is 31.5 Å². The summed E-state index contributed by atoms with van der Waals surface area (Å²) >= 11 is 0. The van der Waals surface area contributed by atoms with Crippen molar-refractivity contribution in [1.29, 1.82) is 0 Å². The molecule has 116 valence electrons. The maximum absolute atomic E-state index is 12.5. The van der Waals surface area contributed by atoms with Crippen LogP contribution in [0.25, 0.3) is 0 Å². The van der Waals surface area contributed by atoms with Gasteiger partial charge in [-0.05, 0) is 49.9 Å². The van der Waals surface area contributed by atoms with E-state index in [9.17, 15) is 13.2 Å². The molecular weight excluding hydrogens is 286 g/mol. The van der Waals surface area contributed by atoms with E-state index in [-0.39, 0.29) is 16.9 Å². The largest absolute Gasteiger partial charge is 0.339 e. The van der Waals surface area contributed by atoms with Gasteiger partial charge in [-0.3, -0.25) is 4.79 Å². The molecule has 21 heavy (non-hydrogen) atoms. The quantitative estimate of drug-likeness (QED) is 0.861. The van der Waals surface area contributed by atoms with Crippen LogP contribution in [0.2, 0.25) is 0 Å². The first-order valence-corrected chi connectivity index (χ1v) is 9.14. The van der Waals surface area contributed by atoms with Crippen molar-refractivity contribution in [2.45, 2.75) is 38.9 Å². The molecule has 1 heterocycles. The number of amides is 1. The average Bonchev–Trinajstić information content (AvgIpc) is 2.49. The molecule has 1 fully saturated rings. The number of carbonyl (C=O) groups is 1. The average molecular weight is 309 g/mol. The third-order valence-corrected chi connectivity index (χ3v) is 6.69. The van der Waals surface area contributed by atoms with E-state index >= 15 is 0 Å². The Morgan fingerprint density at radius 2 is 1.81 bits per heavy atom. The molecule has 1 aliphatic rings. The van der Waals surface area contributed by atoms with Crippen molar-refractivity contribution in [2.24, 2.45) is 0 Å². The van der Waals surface area contributed by atoms with Crippen molar-refractivity contribution in [2.75, 3.05) is 18.8 Å². The predicted octanol–water partition coefficient (Wildman–Crippen LogP) is 2.34. The number of rotatable bonds is 3. The van der Waals surface area contributed by atoms with Crippen LogP contribution in [0.4, 0.5) is 0 Å². The third-order valence-electron chi connectivity index (χ3n) is 4.39. The van der Waals surface area contributed by atoms with Gasteiger partial charge < -0.3 is 4.90 Å². The van der Waals surface area contributed by atoms with Crippen LogP contribution in [0.3, 0.4) is 0 Å². The molecule has 0 aliphatic carbocycles. The van der Waals surface area contributed by atoms with Crippen LogP contribution < -0.4 is 0 Å². The number of benzene rings is 1. The standard InChI is InChI=1S/C16H23NO3S/c1-4-21(19,20)15-7-9-17(10-8-15)16(18)14-6-5-12(2)13(3)11-14/h5-6,11,15H,4,7-10H2,1-3H3. The molecule has 0 spiro atoms. The van der Waals surface area contributed by atoms with Gasteiger partial charge in [0.25, 0.3) is 5.91 Å². The summed E-state index contributed by atoms with van der Waals surface area (Å²) in [6, 6.07) is 5.71. The summed E-state index contributed by atoms with van der Waals surface area (Å²) in [5, 5.41) is -0.286. The fourth-order valence-corrected chi connectivity index (χ4v) is 4.11. The Kier molecular flexibility index (Phi) is 4.71. The molecule has 1 aromatic rings. The predicted molar refractivity (Wildman–Crippen MR) is 84.3 cm³/mol. The lowest BCUT2D eigenvalue weighted by atomic mass is 10.0. The van der Waals surface area contributed by atoms with Gasteiger partial charge in [0.05, 0.1) is 5.25 Å². The van der Waals surface area contributed by atoms with Gasteiger partial charge in [0, 0.05) is 24.4 Å². The van der Waals surface area contributed by atoms with Gasteiger partial charge in [-0.25, -0.2) is 8.42 Å². The summed E-state index contributed by atoms with van der Waals surface area (Å²) in [4.78, 5) is 14.2. The van der Waals surface area contributed by atoms with Crippen LogP contribution in [-0.4, -0.2) is 43.3 Å². The highest BCUT2D eigenvalue weighted by Crippen LogP contribution is 2.21. The number of nitrogens with zero attached hydrogens (tertiary/aromatic N) is 1. The molecule has 0 unspecified atom stereocenters. The van der Waals surface area contributed by atoms with Crippen molar-refractivity contribution >= 4 is 15.7 Å². The van der Waals surface area contributed by atoms with Crippen LogP contribution in [0.15, 0.2) is 18.2 Å². The van der Waals surface area contributed by atoms with E-state index in [1.807, 2.05) is 32.0 Å². The second-order valence-corrected chi connectivity index (χ2v) is 8.31. The van der Waals surface area contributed by atoms with Gasteiger partial charge in [0.15, 0.2) is 9.84 Å². The third kappa shape index (κ3) is 3.46. The van der Waals surface area contributed by atoms with Crippen LogP contribution in [0.5, 0.6) is 0 Å². The zero-order valence-electron chi connectivity index (χ0n) is 12.9. The smallest absolute Gasteiger partial charge is 0.253 e. The summed E-state index contributed by atoms with van der Waals surface area (Å²) in [6.07, 6.45) is 1.10. The van der Waals surface area contributed by atoms with Crippen LogP contribution >= 0.6 is 0 Å². The number of hydrogen-bond donors (Lipinski definition) is 0. The van der Waals surface area contributed by atoms with Crippen molar-refractivity contribution in [1.82, 2.24) is 4.90 Å². The Morgan fingerprint density at radius 1 is 1.19 bits per heavy atom. The van der Waals surface area contributed by atoms with Crippen LogP contribution in [-0.2, 0) is 9.84 Å². The fraction of sp³-hybridized carbons (Fsp3) is 0.562. The molecule has 0 N–H and O–H groups in total. The first kappa shape index (κ1) is 16.0. The van der Waals surface area contributed by atoms with Crippen molar-refractivity contribution in [3.05, 3.63) is 34.9 Å². The number of hydrogen-bond acceptors (Lipinski definition) is 3. The van der Waals surface area contributed by atoms with E-state index in [2.05, 4.69) is 0 Å². The molecule has 2 rings (SSSR count). The Bertz CT molecular complexity index is 629. The monoisotopic (exact) mass is 309 g/mol. The topological polar surface area (TPSA) is 54.5 Å². The highest BCUT2D eigenvalue weighted by molar-refractivity contribution is 7.92. The molecule has 0 radical (unpaired) electrons. The SMILES string of the molecule is CCS(=O)(=O)C1CCN(C(=O)c2ccc(C)c(C)c2)CC1. The van der Waals surface area contributed by atoms with Gasteiger partial charge >= 0.3 is 0 Å². The van der Waals surface area contributed by atoms with Crippen LogP contribution in [0.1, 0.15) is 41.3 Å².